The van der Waals surface area contributed by atoms with Crippen molar-refractivity contribution in [1.82, 2.24) is 9.88 Å². The standard InChI is InChI=1S/C21H23N3O/c1-23-11-13-24(14-12-23)21-15-20(16-7-9-17(25-2)10-8-16)22-19-6-4-3-5-18(19)21/h3-10,15H,11-14H2,1-2H3. The van der Waals surface area contributed by atoms with Gasteiger partial charge in [0.1, 0.15) is 5.75 Å². The van der Waals surface area contributed by atoms with Crippen molar-refractivity contribution in [3.05, 3.63) is 54.6 Å². The highest BCUT2D eigenvalue weighted by atomic mass is 16.5. The highest BCUT2D eigenvalue weighted by Crippen LogP contribution is 2.32. The molecule has 2 aromatic carbocycles. The molecule has 0 spiro atoms. The molecule has 0 amide bonds. The Morgan fingerprint density at radius 2 is 1.64 bits per heavy atom. The summed E-state index contributed by atoms with van der Waals surface area (Å²) in [5.74, 6) is 0.865. The zero-order chi connectivity index (χ0) is 17.2. The van der Waals surface area contributed by atoms with Crippen molar-refractivity contribution >= 4 is 16.6 Å². The maximum Gasteiger partial charge on any atom is 0.118 e. The first-order valence-corrected chi connectivity index (χ1v) is 8.72. The number of hydrogen-bond acceptors (Lipinski definition) is 4. The van der Waals surface area contributed by atoms with Crippen LogP contribution >= 0.6 is 0 Å². The molecule has 1 saturated heterocycles. The van der Waals surface area contributed by atoms with Gasteiger partial charge in [-0.1, -0.05) is 18.2 Å². The molecule has 1 aromatic heterocycles. The lowest BCUT2D eigenvalue weighted by Crippen LogP contribution is -2.44. The maximum atomic E-state index is 5.27. The molecular formula is C21H23N3O. The number of methoxy groups -OCH3 is 1. The summed E-state index contributed by atoms with van der Waals surface area (Å²) in [5, 5.41) is 1.23. The van der Waals surface area contributed by atoms with Crippen LogP contribution in [-0.2, 0) is 0 Å². The number of anilines is 1. The third-order valence-electron chi connectivity index (χ3n) is 4.92. The third kappa shape index (κ3) is 3.17. The van der Waals surface area contributed by atoms with E-state index in [2.05, 4.69) is 59.3 Å². The Balaban J connectivity index is 1.80. The number of nitrogens with zero attached hydrogens (tertiary/aromatic N) is 3. The fraction of sp³-hybridized carbons (Fsp3) is 0.286. The fourth-order valence-electron chi connectivity index (χ4n) is 3.38. The maximum absolute atomic E-state index is 5.27. The fourth-order valence-corrected chi connectivity index (χ4v) is 3.38. The van der Waals surface area contributed by atoms with Gasteiger partial charge in [0.05, 0.1) is 18.3 Å². The average Bonchev–Trinajstić information content (AvgIpc) is 2.68. The molecule has 0 atom stereocenters. The van der Waals surface area contributed by atoms with Crippen molar-refractivity contribution in [2.45, 2.75) is 0 Å². The topological polar surface area (TPSA) is 28.6 Å². The monoisotopic (exact) mass is 333 g/mol. The van der Waals surface area contributed by atoms with E-state index in [0.29, 0.717) is 0 Å². The summed E-state index contributed by atoms with van der Waals surface area (Å²) < 4.78 is 5.27. The lowest BCUT2D eigenvalue weighted by molar-refractivity contribution is 0.313. The number of aromatic nitrogens is 1. The number of pyridine rings is 1. The highest BCUT2D eigenvalue weighted by molar-refractivity contribution is 5.94. The van der Waals surface area contributed by atoms with Crippen LogP contribution in [0.2, 0.25) is 0 Å². The predicted octanol–water partition coefficient (Wildman–Crippen LogP) is 3.66. The molecule has 0 bridgehead atoms. The van der Waals surface area contributed by atoms with E-state index in [-0.39, 0.29) is 0 Å². The number of benzene rings is 2. The lowest BCUT2D eigenvalue weighted by atomic mass is 10.1. The quantitative estimate of drug-likeness (QED) is 0.731. The normalized spacial score (nSPS) is 15.5. The third-order valence-corrected chi connectivity index (χ3v) is 4.92. The molecule has 1 aliphatic heterocycles. The van der Waals surface area contributed by atoms with E-state index in [4.69, 9.17) is 9.72 Å². The van der Waals surface area contributed by atoms with E-state index in [0.717, 1.165) is 48.7 Å². The second-order valence-electron chi connectivity index (χ2n) is 6.56. The van der Waals surface area contributed by atoms with E-state index in [9.17, 15) is 0 Å². The van der Waals surface area contributed by atoms with Gasteiger partial charge in [0.25, 0.3) is 0 Å². The average molecular weight is 333 g/mol. The van der Waals surface area contributed by atoms with Crippen LogP contribution in [0.5, 0.6) is 5.75 Å². The summed E-state index contributed by atoms with van der Waals surface area (Å²) in [6, 6.07) is 18.8. The molecule has 25 heavy (non-hydrogen) atoms. The van der Waals surface area contributed by atoms with Gasteiger partial charge in [-0.2, -0.15) is 0 Å². The minimum absolute atomic E-state index is 0.865. The summed E-state index contributed by atoms with van der Waals surface area (Å²) in [5.41, 5.74) is 4.45. The van der Waals surface area contributed by atoms with Crippen LogP contribution in [-0.4, -0.2) is 50.2 Å². The summed E-state index contributed by atoms with van der Waals surface area (Å²) in [6.07, 6.45) is 0. The van der Waals surface area contributed by atoms with E-state index < -0.39 is 0 Å². The van der Waals surface area contributed by atoms with Gasteiger partial charge in [-0.25, -0.2) is 4.98 Å². The van der Waals surface area contributed by atoms with Crippen molar-refractivity contribution in [3.63, 3.8) is 0 Å². The Bertz CT molecular complexity index is 868. The number of ether oxygens (including phenoxy) is 1. The number of likely N-dealkylation sites (N-methyl/N-ethyl adjacent to an activating group) is 1. The van der Waals surface area contributed by atoms with Gasteiger partial charge in [0, 0.05) is 42.8 Å². The number of fused-ring (bicyclic) bond motifs is 1. The molecule has 0 saturated carbocycles. The van der Waals surface area contributed by atoms with Gasteiger partial charge >= 0.3 is 0 Å². The number of hydrogen-bond donors (Lipinski definition) is 0. The highest BCUT2D eigenvalue weighted by Gasteiger charge is 2.18. The van der Waals surface area contributed by atoms with Crippen LogP contribution < -0.4 is 9.64 Å². The largest absolute Gasteiger partial charge is 0.497 e. The zero-order valence-electron chi connectivity index (χ0n) is 14.8. The molecule has 0 radical (unpaired) electrons. The van der Waals surface area contributed by atoms with Gasteiger partial charge in [-0.15, -0.1) is 0 Å². The lowest BCUT2D eigenvalue weighted by Gasteiger charge is -2.34. The van der Waals surface area contributed by atoms with Crippen LogP contribution in [0.4, 0.5) is 5.69 Å². The van der Waals surface area contributed by atoms with Crippen LogP contribution in [0.1, 0.15) is 0 Å². The molecule has 4 rings (SSSR count). The summed E-state index contributed by atoms with van der Waals surface area (Å²) in [6.45, 7) is 4.28. The molecule has 4 nitrogen and oxygen atoms in total. The van der Waals surface area contributed by atoms with Crippen molar-refractivity contribution in [1.29, 1.82) is 0 Å². The second kappa shape index (κ2) is 6.73. The van der Waals surface area contributed by atoms with Gasteiger partial charge in [-0.05, 0) is 43.4 Å². The minimum Gasteiger partial charge on any atom is -0.497 e. The summed E-state index contributed by atoms with van der Waals surface area (Å²) >= 11 is 0. The van der Waals surface area contributed by atoms with Crippen LogP contribution in [0.25, 0.3) is 22.2 Å². The molecule has 0 unspecified atom stereocenters. The zero-order valence-corrected chi connectivity index (χ0v) is 14.8. The number of piperazine rings is 1. The van der Waals surface area contributed by atoms with Crippen LogP contribution in [0.3, 0.4) is 0 Å². The molecule has 3 aromatic rings. The molecule has 128 valence electrons. The van der Waals surface area contributed by atoms with Gasteiger partial charge in [0.2, 0.25) is 0 Å². The Morgan fingerprint density at radius 1 is 0.920 bits per heavy atom. The van der Waals surface area contributed by atoms with Crippen molar-refractivity contribution < 1.29 is 4.74 Å². The minimum atomic E-state index is 0.865. The van der Waals surface area contributed by atoms with E-state index in [1.54, 1.807) is 7.11 Å². The molecule has 2 heterocycles. The predicted molar refractivity (Wildman–Crippen MR) is 103 cm³/mol. The molecular weight excluding hydrogens is 310 g/mol. The Kier molecular flexibility index (Phi) is 4.28. The van der Waals surface area contributed by atoms with Crippen molar-refractivity contribution in [2.24, 2.45) is 0 Å². The van der Waals surface area contributed by atoms with E-state index >= 15 is 0 Å². The van der Waals surface area contributed by atoms with Gasteiger partial charge in [0.15, 0.2) is 0 Å². The Hall–Kier alpha value is -2.59. The van der Waals surface area contributed by atoms with Gasteiger partial charge < -0.3 is 14.5 Å². The number of rotatable bonds is 3. The van der Waals surface area contributed by atoms with Crippen LogP contribution in [0.15, 0.2) is 54.6 Å². The summed E-state index contributed by atoms with van der Waals surface area (Å²) in [7, 11) is 3.87. The van der Waals surface area contributed by atoms with E-state index in [1.807, 2.05) is 12.1 Å². The first kappa shape index (κ1) is 15.9. The molecule has 0 aliphatic carbocycles. The van der Waals surface area contributed by atoms with E-state index in [1.165, 1.54) is 11.1 Å². The van der Waals surface area contributed by atoms with Gasteiger partial charge in [-0.3, -0.25) is 0 Å². The summed E-state index contributed by atoms with van der Waals surface area (Å²) in [4.78, 5) is 9.76. The molecule has 1 aliphatic rings. The molecule has 0 N–H and O–H groups in total. The van der Waals surface area contributed by atoms with Crippen molar-refractivity contribution in [3.8, 4) is 17.0 Å². The van der Waals surface area contributed by atoms with Crippen LogP contribution in [0, 0.1) is 0 Å². The Labute approximate surface area is 148 Å². The molecule has 1 fully saturated rings. The Morgan fingerprint density at radius 3 is 2.36 bits per heavy atom. The smallest absolute Gasteiger partial charge is 0.118 e. The SMILES string of the molecule is COc1ccc(-c2cc(N3CCN(C)CC3)c3ccccc3n2)cc1. The van der Waals surface area contributed by atoms with Crippen molar-refractivity contribution in [2.75, 3.05) is 45.2 Å². The first-order valence-electron chi connectivity index (χ1n) is 8.72. The second-order valence-corrected chi connectivity index (χ2v) is 6.56. The first-order chi connectivity index (χ1) is 12.2. The molecule has 4 heteroatoms. The number of para-hydroxylation sites is 1.